The Kier molecular flexibility index (Phi) is 5.34. The largest absolute Gasteiger partial charge is 0.382 e. The summed E-state index contributed by atoms with van der Waals surface area (Å²) in [6, 6.07) is 0. The van der Waals surface area contributed by atoms with Crippen LogP contribution in [0, 0.1) is 0 Å². The Labute approximate surface area is 130 Å². The summed E-state index contributed by atoms with van der Waals surface area (Å²) in [6.45, 7) is 4.49. The lowest BCUT2D eigenvalue weighted by Crippen LogP contribution is -2.40. The molecule has 0 unspecified atom stereocenters. The van der Waals surface area contributed by atoms with Crippen LogP contribution >= 0.6 is 0 Å². The van der Waals surface area contributed by atoms with Crippen molar-refractivity contribution in [2.45, 2.75) is 58.6 Å². The van der Waals surface area contributed by atoms with Gasteiger partial charge in [-0.3, -0.25) is 13.9 Å². The summed E-state index contributed by atoms with van der Waals surface area (Å²) in [7, 11) is 3.38. The van der Waals surface area contributed by atoms with Gasteiger partial charge < -0.3 is 4.74 Å². The van der Waals surface area contributed by atoms with Gasteiger partial charge in [0.2, 0.25) is 0 Å². The molecule has 1 aromatic rings. The lowest BCUT2D eigenvalue weighted by Gasteiger charge is -2.12. The second kappa shape index (κ2) is 7.05. The minimum absolute atomic E-state index is 0.176. The van der Waals surface area contributed by atoms with Crippen LogP contribution in [0.1, 0.15) is 45.1 Å². The molecule has 0 aliphatic carbocycles. The number of unbranched alkanes of at least 4 members (excludes halogenated alkanes) is 1. The molecule has 0 amide bonds. The molecule has 2 heterocycles. The highest BCUT2D eigenvalue weighted by molar-refractivity contribution is 5.92. The summed E-state index contributed by atoms with van der Waals surface area (Å²) in [5, 5.41) is 0. The lowest BCUT2D eigenvalue weighted by atomic mass is 10.1. The normalized spacial score (nSPS) is 14.8. The molecule has 22 heavy (non-hydrogen) atoms. The van der Waals surface area contributed by atoms with E-state index in [-0.39, 0.29) is 17.4 Å². The van der Waals surface area contributed by atoms with Crippen LogP contribution in [0.5, 0.6) is 0 Å². The van der Waals surface area contributed by atoms with Crippen molar-refractivity contribution < 1.29 is 4.74 Å². The van der Waals surface area contributed by atoms with Crippen LogP contribution in [-0.4, -0.2) is 28.1 Å². The van der Waals surface area contributed by atoms with Gasteiger partial charge in [-0.25, -0.2) is 9.79 Å². The third kappa shape index (κ3) is 3.21. The molecule has 122 valence electrons. The molecule has 6 nitrogen and oxygen atoms in total. The minimum Gasteiger partial charge on any atom is -0.382 e. The van der Waals surface area contributed by atoms with E-state index in [0.717, 1.165) is 31.4 Å². The first-order valence-electron chi connectivity index (χ1n) is 7.91. The van der Waals surface area contributed by atoms with Crippen molar-refractivity contribution in [1.82, 2.24) is 9.13 Å². The highest BCUT2D eigenvalue weighted by atomic mass is 16.5. The molecule has 0 radical (unpaired) electrons. The molecule has 1 aliphatic rings. The fourth-order valence-corrected chi connectivity index (χ4v) is 2.73. The number of hydrogen-bond donors (Lipinski definition) is 0. The van der Waals surface area contributed by atoms with Gasteiger partial charge in [0.1, 0.15) is 5.82 Å². The lowest BCUT2D eigenvalue weighted by molar-refractivity contribution is 0.108. The van der Waals surface area contributed by atoms with Crippen LogP contribution in [0.15, 0.2) is 14.6 Å². The van der Waals surface area contributed by atoms with E-state index in [1.54, 1.807) is 14.2 Å². The van der Waals surface area contributed by atoms with Gasteiger partial charge >= 0.3 is 5.69 Å². The van der Waals surface area contributed by atoms with E-state index in [9.17, 15) is 9.59 Å². The summed E-state index contributed by atoms with van der Waals surface area (Å²) in [6.07, 6.45) is 4.23. The summed E-state index contributed by atoms with van der Waals surface area (Å²) in [5.41, 5.74) is 1.17. The van der Waals surface area contributed by atoms with Gasteiger partial charge in [-0.15, -0.1) is 0 Å². The smallest absolute Gasteiger partial charge is 0.332 e. The van der Waals surface area contributed by atoms with Crippen molar-refractivity contribution >= 4 is 11.5 Å². The molecule has 0 saturated carbocycles. The second-order valence-corrected chi connectivity index (χ2v) is 5.85. The maximum atomic E-state index is 12.5. The fraction of sp³-hybridized carbons (Fsp3) is 0.688. The summed E-state index contributed by atoms with van der Waals surface area (Å²) >= 11 is 0. The third-order valence-corrected chi connectivity index (χ3v) is 4.31. The highest BCUT2D eigenvalue weighted by Crippen LogP contribution is 2.22. The maximum Gasteiger partial charge on any atom is 0.332 e. The van der Waals surface area contributed by atoms with Gasteiger partial charge in [0.15, 0.2) is 0 Å². The molecular formula is C16H25N3O3. The number of nitrogens with zero attached hydrogens (tertiary/aromatic N) is 3. The van der Waals surface area contributed by atoms with Crippen molar-refractivity contribution in [2.75, 3.05) is 7.11 Å². The number of methoxy groups -OCH3 is 1. The van der Waals surface area contributed by atoms with Crippen LogP contribution in [-0.2, 0) is 24.8 Å². The van der Waals surface area contributed by atoms with Crippen molar-refractivity contribution in [3.8, 4) is 0 Å². The zero-order valence-corrected chi connectivity index (χ0v) is 13.9. The van der Waals surface area contributed by atoms with E-state index in [2.05, 4.69) is 4.99 Å². The standard InChI is InChI=1S/C16H25N3O3/c1-5-12-10-13-14(17-12)18(3)16(21)19(15(13)20)9-7-6-8-11(2)22-4/h11H,5-10H2,1-4H3/t11-/m1/s1. The predicted molar refractivity (Wildman–Crippen MR) is 87.4 cm³/mol. The Morgan fingerprint density at radius 3 is 2.68 bits per heavy atom. The second-order valence-electron chi connectivity index (χ2n) is 5.85. The van der Waals surface area contributed by atoms with Crippen molar-refractivity contribution in [3.63, 3.8) is 0 Å². The zero-order valence-electron chi connectivity index (χ0n) is 13.9. The minimum atomic E-state index is -0.273. The molecule has 0 N–H and O–H groups in total. The summed E-state index contributed by atoms with van der Waals surface area (Å²) in [5.74, 6) is 0.538. The topological polar surface area (TPSA) is 65.6 Å². The predicted octanol–water partition coefficient (Wildman–Crippen LogP) is 1.79. The summed E-state index contributed by atoms with van der Waals surface area (Å²) in [4.78, 5) is 29.3. The maximum absolute atomic E-state index is 12.5. The first-order chi connectivity index (χ1) is 10.5. The first-order valence-corrected chi connectivity index (χ1v) is 7.91. The molecule has 0 spiro atoms. The third-order valence-electron chi connectivity index (χ3n) is 4.31. The van der Waals surface area contributed by atoms with Crippen LogP contribution in [0.25, 0.3) is 0 Å². The molecule has 2 rings (SSSR count). The fourth-order valence-electron chi connectivity index (χ4n) is 2.73. The van der Waals surface area contributed by atoms with Crippen LogP contribution in [0.4, 0.5) is 5.82 Å². The Hall–Kier alpha value is -1.69. The van der Waals surface area contributed by atoms with Crippen molar-refractivity contribution in [1.29, 1.82) is 0 Å². The quantitative estimate of drug-likeness (QED) is 0.721. The first kappa shape index (κ1) is 16.7. The van der Waals surface area contributed by atoms with Gasteiger partial charge in [0.05, 0.1) is 11.7 Å². The van der Waals surface area contributed by atoms with Gasteiger partial charge in [0, 0.05) is 32.8 Å². The average molecular weight is 307 g/mol. The summed E-state index contributed by atoms with van der Waals surface area (Å²) < 4.78 is 8.05. The Morgan fingerprint density at radius 1 is 1.32 bits per heavy atom. The van der Waals surface area contributed by atoms with Crippen molar-refractivity contribution in [3.05, 3.63) is 26.4 Å². The number of rotatable bonds is 7. The highest BCUT2D eigenvalue weighted by Gasteiger charge is 2.22. The molecule has 1 aromatic heterocycles. The van der Waals surface area contributed by atoms with E-state index in [0.29, 0.717) is 24.3 Å². The molecule has 0 aromatic carbocycles. The van der Waals surface area contributed by atoms with E-state index in [1.165, 1.54) is 9.13 Å². The number of hydrogen-bond acceptors (Lipinski definition) is 4. The SMILES string of the molecule is CCC1=Nc2c(c(=O)n(CCCC[C@@H](C)OC)c(=O)n2C)C1. The molecule has 0 saturated heterocycles. The molecule has 0 bridgehead atoms. The Balaban J connectivity index is 2.17. The Bertz CT molecular complexity index is 685. The van der Waals surface area contributed by atoms with Crippen LogP contribution in [0.2, 0.25) is 0 Å². The van der Waals surface area contributed by atoms with Crippen LogP contribution < -0.4 is 11.2 Å². The molecule has 0 fully saturated rings. The van der Waals surface area contributed by atoms with Gasteiger partial charge in [0.25, 0.3) is 5.56 Å². The molecule has 6 heteroatoms. The number of ether oxygens (including phenoxy) is 1. The number of aliphatic imine (C=N–C) groups is 1. The monoisotopic (exact) mass is 307 g/mol. The van der Waals surface area contributed by atoms with E-state index in [1.807, 2.05) is 13.8 Å². The number of aromatic nitrogens is 2. The van der Waals surface area contributed by atoms with Gasteiger partial charge in [-0.2, -0.15) is 0 Å². The van der Waals surface area contributed by atoms with Crippen LogP contribution in [0.3, 0.4) is 0 Å². The van der Waals surface area contributed by atoms with E-state index in [4.69, 9.17) is 4.74 Å². The van der Waals surface area contributed by atoms with Crippen molar-refractivity contribution in [2.24, 2.45) is 12.0 Å². The van der Waals surface area contributed by atoms with Gasteiger partial charge in [-0.1, -0.05) is 6.92 Å². The van der Waals surface area contributed by atoms with Gasteiger partial charge in [-0.05, 0) is 32.6 Å². The molecular weight excluding hydrogens is 282 g/mol. The zero-order chi connectivity index (χ0) is 16.3. The molecule has 1 atom stereocenters. The van der Waals surface area contributed by atoms with E-state index >= 15 is 0 Å². The average Bonchev–Trinajstić information content (AvgIpc) is 2.96. The Morgan fingerprint density at radius 2 is 2.05 bits per heavy atom. The van der Waals surface area contributed by atoms with E-state index < -0.39 is 0 Å². The number of fused-ring (bicyclic) bond motifs is 1. The molecule has 1 aliphatic heterocycles.